The first-order valence-corrected chi connectivity index (χ1v) is 14.9. The standard InChI is InChI=1S/C37H35ClN4O2/c1-24-7-6-8-27(19-24)32-21-36(43)42(4)34-18-13-29(20-33(32)34)37(35-22-39-23-41(35)3,28-11-14-30(38)15-12-28)40-25(2)26-9-16-31(44-5)17-10-26/h6-23,25,40H,1-5H3/t25-,37+/m0/s1. The number of hydrogen-bond acceptors (Lipinski definition) is 4. The van der Waals surface area contributed by atoms with E-state index in [2.05, 4.69) is 83.3 Å². The van der Waals surface area contributed by atoms with Crippen LogP contribution in [0.1, 0.15) is 40.9 Å². The lowest BCUT2D eigenvalue weighted by Crippen LogP contribution is -2.47. The highest BCUT2D eigenvalue weighted by molar-refractivity contribution is 6.30. The number of halogens is 1. The molecule has 222 valence electrons. The van der Waals surface area contributed by atoms with Crippen LogP contribution in [0.2, 0.25) is 5.02 Å². The Morgan fingerprint density at radius 1 is 0.909 bits per heavy atom. The van der Waals surface area contributed by atoms with E-state index in [4.69, 9.17) is 16.3 Å². The van der Waals surface area contributed by atoms with Gasteiger partial charge in [0.15, 0.2) is 0 Å². The van der Waals surface area contributed by atoms with E-state index >= 15 is 0 Å². The number of hydrogen-bond donors (Lipinski definition) is 1. The summed E-state index contributed by atoms with van der Waals surface area (Å²) >= 11 is 6.42. The SMILES string of the molecule is COc1ccc([C@H](C)N[C@](c2ccc(Cl)cc2)(c2ccc3c(c2)c(-c2cccc(C)c2)cc(=O)n3C)c2cncn2C)cc1. The van der Waals surface area contributed by atoms with Crippen molar-refractivity contribution in [2.24, 2.45) is 14.1 Å². The second-order valence-electron chi connectivity index (χ2n) is 11.3. The minimum Gasteiger partial charge on any atom is -0.497 e. The number of imidazole rings is 1. The predicted molar refractivity (Wildman–Crippen MR) is 178 cm³/mol. The number of rotatable bonds is 8. The molecule has 0 fully saturated rings. The van der Waals surface area contributed by atoms with Gasteiger partial charge in [-0.25, -0.2) is 4.98 Å². The van der Waals surface area contributed by atoms with Gasteiger partial charge in [-0.3, -0.25) is 10.1 Å². The van der Waals surface area contributed by atoms with Crippen LogP contribution >= 0.6 is 11.6 Å². The van der Waals surface area contributed by atoms with E-state index in [-0.39, 0.29) is 11.6 Å². The summed E-state index contributed by atoms with van der Waals surface area (Å²) < 4.78 is 9.18. The van der Waals surface area contributed by atoms with Crippen molar-refractivity contribution in [3.8, 4) is 16.9 Å². The van der Waals surface area contributed by atoms with Gasteiger partial charge < -0.3 is 13.9 Å². The topological polar surface area (TPSA) is 61.1 Å². The Balaban J connectivity index is 1.66. The van der Waals surface area contributed by atoms with Crippen LogP contribution in [0.3, 0.4) is 0 Å². The molecule has 0 radical (unpaired) electrons. The highest BCUT2D eigenvalue weighted by Crippen LogP contribution is 2.41. The molecule has 0 amide bonds. The molecule has 0 unspecified atom stereocenters. The van der Waals surface area contributed by atoms with Gasteiger partial charge in [0.1, 0.15) is 11.3 Å². The molecule has 2 aromatic heterocycles. The van der Waals surface area contributed by atoms with Gasteiger partial charge in [0.25, 0.3) is 5.56 Å². The largest absolute Gasteiger partial charge is 0.497 e. The smallest absolute Gasteiger partial charge is 0.251 e. The van der Waals surface area contributed by atoms with Crippen molar-refractivity contribution in [1.82, 2.24) is 19.4 Å². The number of nitrogens with one attached hydrogen (secondary N) is 1. The maximum Gasteiger partial charge on any atom is 0.251 e. The van der Waals surface area contributed by atoms with Crippen molar-refractivity contribution in [3.05, 3.63) is 153 Å². The first kappa shape index (κ1) is 29.4. The van der Waals surface area contributed by atoms with Gasteiger partial charge in [-0.1, -0.05) is 71.8 Å². The number of ether oxygens (including phenoxy) is 1. The van der Waals surface area contributed by atoms with Crippen LogP contribution < -0.4 is 15.6 Å². The van der Waals surface area contributed by atoms with Crippen LogP contribution in [0.15, 0.2) is 114 Å². The van der Waals surface area contributed by atoms with E-state index in [0.29, 0.717) is 5.02 Å². The minimum atomic E-state index is -0.845. The first-order chi connectivity index (χ1) is 21.2. The van der Waals surface area contributed by atoms with Gasteiger partial charge >= 0.3 is 0 Å². The molecular formula is C37H35ClN4O2. The Bertz CT molecular complexity index is 2010. The van der Waals surface area contributed by atoms with Gasteiger partial charge in [-0.2, -0.15) is 0 Å². The van der Waals surface area contributed by atoms with Gasteiger partial charge in [-0.05, 0) is 78.1 Å². The van der Waals surface area contributed by atoms with E-state index in [1.165, 1.54) is 0 Å². The molecule has 7 heteroatoms. The third kappa shape index (κ3) is 5.21. The number of nitrogens with zero attached hydrogens (tertiary/aromatic N) is 3. The second-order valence-corrected chi connectivity index (χ2v) is 11.8. The monoisotopic (exact) mass is 602 g/mol. The molecule has 44 heavy (non-hydrogen) atoms. The molecular weight excluding hydrogens is 568 g/mol. The lowest BCUT2D eigenvalue weighted by molar-refractivity contribution is 0.396. The molecule has 0 aliphatic rings. The van der Waals surface area contributed by atoms with Crippen LogP contribution in [0.25, 0.3) is 22.0 Å². The van der Waals surface area contributed by atoms with Crippen molar-refractivity contribution >= 4 is 22.5 Å². The average molecular weight is 603 g/mol. The van der Waals surface area contributed by atoms with Crippen LogP contribution in [0.4, 0.5) is 0 Å². The zero-order valence-electron chi connectivity index (χ0n) is 25.5. The van der Waals surface area contributed by atoms with Gasteiger partial charge in [0.05, 0.1) is 30.8 Å². The highest BCUT2D eigenvalue weighted by atomic mass is 35.5. The molecule has 1 N–H and O–H groups in total. The van der Waals surface area contributed by atoms with Crippen molar-refractivity contribution < 1.29 is 4.74 Å². The fourth-order valence-electron chi connectivity index (χ4n) is 6.17. The van der Waals surface area contributed by atoms with Crippen LogP contribution in [-0.4, -0.2) is 21.2 Å². The summed E-state index contributed by atoms with van der Waals surface area (Å²) in [6.07, 6.45) is 3.73. The molecule has 0 spiro atoms. The number of aryl methyl sites for hydroxylation is 3. The minimum absolute atomic E-state index is 0.0522. The van der Waals surface area contributed by atoms with E-state index in [9.17, 15) is 4.79 Å². The third-order valence-electron chi connectivity index (χ3n) is 8.54. The fraction of sp³-hybridized carbons (Fsp3) is 0.189. The highest BCUT2D eigenvalue weighted by Gasteiger charge is 2.40. The third-order valence-corrected chi connectivity index (χ3v) is 8.79. The molecule has 6 rings (SSSR count). The summed E-state index contributed by atoms with van der Waals surface area (Å²) in [5, 5.41) is 5.66. The Hall–Kier alpha value is -4.65. The molecule has 0 aliphatic heterocycles. The summed E-state index contributed by atoms with van der Waals surface area (Å²) in [5.41, 5.74) is 7.07. The molecule has 0 bridgehead atoms. The lowest BCUT2D eigenvalue weighted by Gasteiger charge is -2.39. The fourth-order valence-corrected chi connectivity index (χ4v) is 6.29. The van der Waals surface area contributed by atoms with Crippen LogP contribution in [0, 0.1) is 6.92 Å². The predicted octanol–water partition coefficient (Wildman–Crippen LogP) is 7.55. The van der Waals surface area contributed by atoms with Crippen molar-refractivity contribution in [1.29, 1.82) is 0 Å². The number of pyridine rings is 1. The molecule has 0 saturated heterocycles. The molecule has 0 aliphatic carbocycles. The zero-order valence-corrected chi connectivity index (χ0v) is 26.3. The Kier molecular flexibility index (Phi) is 7.89. The molecule has 2 heterocycles. The maximum atomic E-state index is 13.1. The van der Waals surface area contributed by atoms with Crippen molar-refractivity contribution in [2.45, 2.75) is 25.4 Å². The molecule has 4 aromatic carbocycles. The van der Waals surface area contributed by atoms with Gasteiger partial charge in [0, 0.05) is 36.6 Å². The lowest BCUT2D eigenvalue weighted by atomic mass is 9.78. The quantitative estimate of drug-likeness (QED) is 0.195. The van der Waals surface area contributed by atoms with Crippen LogP contribution in [-0.2, 0) is 19.6 Å². The van der Waals surface area contributed by atoms with E-state index < -0.39 is 5.54 Å². The Morgan fingerprint density at radius 2 is 1.64 bits per heavy atom. The van der Waals surface area contributed by atoms with Gasteiger partial charge in [0.2, 0.25) is 0 Å². The Morgan fingerprint density at radius 3 is 2.30 bits per heavy atom. The zero-order chi connectivity index (χ0) is 31.0. The molecule has 6 nitrogen and oxygen atoms in total. The van der Waals surface area contributed by atoms with Gasteiger partial charge in [-0.15, -0.1) is 0 Å². The van der Waals surface area contributed by atoms with Crippen molar-refractivity contribution in [2.75, 3.05) is 7.11 Å². The molecule has 2 atom stereocenters. The summed E-state index contributed by atoms with van der Waals surface area (Å²) in [6.45, 7) is 4.22. The molecule has 6 aromatic rings. The summed E-state index contributed by atoms with van der Waals surface area (Å²) in [7, 11) is 5.50. The number of aromatic nitrogens is 3. The summed E-state index contributed by atoms with van der Waals surface area (Å²) in [6, 6.07) is 32.4. The van der Waals surface area contributed by atoms with E-state index in [1.54, 1.807) is 17.7 Å². The molecule has 0 saturated carbocycles. The van der Waals surface area contributed by atoms with Crippen LogP contribution in [0.5, 0.6) is 5.75 Å². The summed E-state index contributed by atoms with van der Waals surface area (Å²) in [5.74, 6) is 0.806. The Labute approximate surface area is 262 Å². The maximum absolute atomic E-state index is 13.1. The summed E-state index contributed by atoms with van der Waals surface area (Å²) in [4.78, 5) is 17.7. The first-order valence-electron chi connectivity index (χ1n) is 14.6. The number of methoxy groups -OCH3 is 1. The second kappa shape index (κ2) is 11.8. The van der Waals surface area contributed by atoms with E-state index in [0.717, 1.165) is 55.7 Å². The number of benzene rings is 4. The average Bonchev–Trinajstić information content (AvgIpc) is 3.47. The number of fused-ring (bicyclic) bond motifs is 1. The van der Waals surface area contributed by atoms with Crippen molar-refractivity contribution in [3.63, 3.8) is 0 Å². The van der Waals surface area contributed by atoms with E-state index in [1.807, 2.05) is 63.0 Å². The normalized spacial score (nSPS) is 13.5.